The Bertz CT molecular complexity index is 3340. The van der Waals surface area contributed by atoms with Crippen molar-refractivity contribution in [3.63, 3.8) is 0 Å². The van der Waals surface area contributed by atoms with Gasteiger partial charge in [0, 0.05) is 83.6 Å². The summed E-state index contributed by atoms with van der Waals surface area (Å²) in [6.45, 7) is 17.1. The standard InChI is InChI=1S/C18H19ClN2O3.C13H11ClN2O.C12H10BrClN2.C10H18O5.C7H5ClO.C5H5BrN2/c1-18(2,3)24-17(23)21(11-13-4-7-15(19)8-5-13)16-9-6-14(12-22)10-20-16;14-12-4-1-10(2-5-12)7-15-13-6-3-11(9-17)8-16-13;13-10-3-6-12(16-8-10)15-7-9-1-4-11(14)5-2-9;1-9(2,3)14-7(11)13-8(12)15-10(4,5)6;8-7-3-1-6(5-9)2-4-7;6-4-1-2-5(7)8-3-4/h4-10,12H,11H2,1-3H3;1-6,8-9H,7H2,(H,15,16);1-6,8H,7H2,(H,15,16);1-6H3;1-5H;1-3H,(H2,7,8). The fourth-order valence-electron chi connectivity index (χ4n) is 6.14. The fraction of sp³-hybridized carbons (Fsp3) is 0.231. The third-order valence-electron chi connectivity index (χ3n) is 10.2. The van der Waals surface area contributed by atoms with Crippen LogP contribution in [0.3, 0.4) is 0 Å². The van der Waals surface area contributed by atoms with Gasteiger partial charge in [0.05, 0.1) is 6.54 Å². The van der Waals surface area contributed by atoms with Gasteiger partial charge in [0.25, 0.3) is 0 Å². The van der Waals surface area contributed by atoms with Crippen LogP contribution in [0.5, 0.6) is 0 Å². The number of halogens is 6. The minimum atomic E-state index is -1.06. The van der Waals surface area contributed by atoms with Gasteiger partial charge in [-0.25, -0.2) is 34.3 Å². The summed E-state index contributed by atoms with van der Waals surface area (Å²) in [4.78, 5) is 83.6. The lowest BCUT2D eigenvalue weighted by atomic mass is 10.2. The van der Waals surface area contributed by atoms with Crippen LogP contribution in [-0.4, -0.2) is 74.0 Å². The maximum absolute atomic E-state index is 12.6. The molecule has 0 aliphatic rings. The van der Waals surface area contributed by atoms with E-state index in [9.17, 15) is 28.8 Å². The van der Waals surface area contributed by atoms with Crippen molar-refractivity contribution in [1.82, 2.24) is 19.9 Å². The molecule has 4 heterocycles. The molecule has 0 unspecified atom stereocenters. The van der Waals surface area contributed by atoms with Crippen molar-refractivity contribution in [1.29, 1.82) is 0 Å². The summed E-state index contributed by atoms with van der Waals surface area (Å²) >= 11 is 29.6. The molecule has 0 aliphatic heterocycles. The normalized spacial score (nSPS) is 10.4. The largest absolute Gasteiger partial charge is 0.519 e. The number of carbonyl (C=O) groups excluding carboxylic acids is 6. The molecular weight excluding hydrogens is 1350 g/mol. The highest BCUT2D eigenvalue weighted by Crippen LogP contribution is 2.22. The molecule has 18 nitrogen and oxygen atoms in total. The highest BCUT2D eigenvalue weighted by atomic mass is 79.9. The van der Waals surface area contributed by atoms with Gasteiger partial charge in [-0.1, -0.05) is 94.9 Å². The minimum Gasteiger partial charge on any atom is -0.443 e. The van der Waals surface area contributed by atoms with E-state index in [1.807, 2.05) is 78.9 Å². The molecule has 4 aromatic heterocycles. The van der Waals surface area contributed by atoms with E-state index < -0.39 is 35.2 Å². The second-order valence-corrected chi connectivity index (χ2v) is 24.9. The third kappa shape index (κ3) is 34.4. The first-order chi connectivity index (χ1) is 41.9. The van der Waals surface area contributed by atoms with Crippen LogP contribution in [0.25, 0.3) is 0 Å². The molecule has 0 radical (unpaired) electrons. The van der Waals surface area contributed by atoms with Crippen molar-refractivity contribution in [2.45, 2.75) is 98.8 Å². The summed E-state index contributed by atoms with van der Waals surface area (Å²) < 4.78 is 21.2. The van der Waals surface area contributed by atoms with Gasteiger partial charge >= 0.3 is 18.4 Å². The fourth-order valence-corrected chi connectivity index (χ4v) is 7.12. The summed E-state index contributed by atoms with van der Waals surface area (Å²) in [7, 11) is 0. The van der Waals surface area contributed by atoms with Crippen LogP contribution >= 0.6 is 78.3 Å². The number of nitrogens with one attached hydrogen (secondary N) is 2. The van der Waals surface area contributed by atoms with Crippen molar-refractivity contribution >= 4 is 139 Å². The molecule has 4 aromatic carbocycles. The van der Waals surface area contributed by atoms with E-state index in [2.05, 4.69) is 67.2 Å². The summed E-state index contributed by atoms with van der Waals surface area (Å²) in [5, 5.41) is 9.15. The van der Waals surface area contributed by atoms with Crippen molar-refractivity contribution in [3.8, 4) is 0 Å². The predicted octanol–water partition coefficient (Wildman–Crippen LogP) is 18.2. The zero-order valence-electron chi connectivity index (χ0n) is 50.2. The van der Waals surface area contributed by atoms with Crippen molar-refractivity contribution < 1.29 is 47.7 Å². The Morgan fingerprint density at radius 3 is 1.16 bits per heavy atom. The Labute approximate surface area is 555 Å². The van der Waals surface area contributed by atoms with Gasteiger partial charge < -0.3 is 35.3 Å². The number of hydrogen-bond acceptors (Lipinski definition) is 17. The van der Waals surface area contributed by atoms with Gasteiger partial charge in [-0.2, -0.15) is 0 Å². The highest BCUT2D eigenvalue weighted by Gasteiger charge is 2.26. The Kier molecular flexibility index (Phi) is 32.5. The topological polar surface area (TPSA) is 244 Å². The lowest BCUT2D eigenvalue weighted by molar-refractivity contribution is -0.0294. The van der Waals surface area contributed by atoms with Crippen molar-refractivity contribution in [3.05, 3.63) is 233 Å². The number of nitrogen functional groups attached to an aromatic ring is 1. The number of nitrogens with two attached hydrogens (primary N) is 1. The molecule has 0 fully saturated rings. The average Bonchev–Trinajstić information content (AvgIpc) is 3.51. The van der Waals surface area contributed by atoms with Crippen LogP contribution in [0.1, 0.15) is 110 Å². The van der Waals surface area contributed by atoms with Gasteiger partial charge in [0.15, 0.2) is 12.6 Å². The Hall–Kier alpha value is -7.98. The molecule has 0 atom stereocenters. The molecule has 1 amide bonds. The molecule has 0 saturated heterocycles. The number of aldehydes is 3. The van der Waals surface area contributed by atoms with Crippen LogP contribution in [-0.2, 0) is 38.6 Å². The number of anilines is 4. The van der Waals surface area contributed by atoms with Crippen molar-refractivity contribution in [2.75, 3.05) is 21.3 Å². The summed E-state index contributed by atoms with van der Waals surface area (Å²) in [5.41, 5.74) is 8.12. The Balaban J connectivity index is 0.000000288. The number of aromatic nitrogens is 4. The SMILES string of the molecule is CC(C)(C)OC(=O)N(Cc1ccc(Cl)cc1)c1ccc(C=O)cn1.CC(C)(C)OC(=O)OC(=O)OC(C)(C)C.Clc1ccc(CNc2ccc(Br)cn2)cc1.Nc1ccc(Br)cn1.O=Cc1ccc(Cl)cc1.O=Cc1ccc(NCc2ccc(Cl)cc2)nc1. The quantitative estimate of drug-likeness (QED) is 0.0445. The number of benzene rings is 4. The molecule has 4 N–H and O–H groups in total. The molecule has 470 valence electrons. The van der Waals surface area contributed by atoms with Gasteiger partial charge in [0.1, 0.15) is 46.4 Å². The molecule has 0 saturated carbocycles. The maximum Gasteiger partial charge on any atom is 0.519 e. The van der Waals surface area contributed by atoms with E-state index in [-0.39, 0.29) is 6.54 Å². The summed E-state index contributed by atoms with van der Waals surface area (Å²) in [6.07, 6.45) is 6.02. The van der Waals surface area contributed by atoms with E-state index in [4.69, 9.17) is 66.3 Å². The van der Waals surface area contributed by atoms with E-state index in [1.54, 1.807) is 141 Å². The van der Waals surface area contributed by atoms with E-state index in [0.717, 1.165) is 60.9 Å². The van der Waals surface area contributed by atoms with Crippen LogP contribution in [0.4, 0.5) is 37.7 Å². The number of carbonyl (C=O) groups is 6. The van der Waals surface area contributed by atoms with Gasteiger partial charge in [-0.3, -0.25) is 19.3 Å². The summed E-state index contributed by atoms with van der Waals surface area (Å²) in [6, 6.07) is 43.5. The van der Waals surface area contributed by atoms with E-state index in [0.29, 0.717) is 51.2 Å². The van der Waals surface area contributed by atoms with Crippen LogP contribution in [0.2, 0.25) is 20.1 Å². The molecule has 0 aliphatic carbocycles. The minimum absolute atomic E-state index is 0.277. The monoisotopic (exact) mass is 1420 g/mol. The van der Waals surface area contributed by atoms with Crippen LogP contribution in [0.15, 0.2) is 179 Å². The zero-order valence-corrected chi connectivity index (χ0v) is 56.4. The highest BCUT2D eigenvalue weighted by molar-refractivity contribution is 9.10. The lowest BCUT2D eigenvalue weighted by Gasteiger charge is -2.27. The molecule has 8 aromatic rings. The van der Waals surface area contributed by atoms with Crippen LogP contribution in [0, 0.1) is 0 Å². The predicted molar refractivity (Wildman–Crippen MR) is 359 cm³/mol. The number of amides is 1. The first-order valence-corrected chi connectivity index (χ1v) is 29.9. The number of ether oxygens (including phenoxy) is 4. The van der Waals surface area contributed by atoms with E-state index in [1.165, 1.54) is 22.9 Å². The molecule has 24 heteroatoms. The van der Waals surface area contributed by atoms with Crippen molar-refractivity contribution in [2.24, 2.45) is 0 Å². The number of nitrogens with zero attached hydrogens (tertiary/aromatic N) is 5. The van der Waals surface area contributed by atoms with Gasteiger partial charge in [0.2, 0.25) is 0 Å². The third-order valence-corrected chi connectivity index (χ3v) is 12.1. The Morgan fingerprint density at radius 2 is 0.820 bits per heavy atom. The molecule has 0 bridgehead atoms. The lowest BCUT2D eigenvalue weighted by Crippen LogP contribution is -2.37. The molecule has 0 spiro atoms. The molecular formula is C65H68Br2Cl4N8O10. The van der Waals surface area contributed by atoms with E-state index >= 15 is 0 Å². The average molecular weight is 1420 g/mol. The first kappa shape index (κ1) is 75.3. The second kappa shape index (κ2) is 38.4. The smallest absolute Gasteiger partial charge is 0.443 e. The maximum atomic E-state index is 12.6. The number of pyridine rings is 4. The number of hydrogen-bond donors (Lipinski definition) is 3. The molecule has 8 rings (SSSR count). The van der Waals surface area contributed by atoms with Crippen LogP contribution < -0.4 is 21.3 Å². The number of rotatable bonds is 12. The Morgan fingerprint density at radius 1 is 0.461 bits per heavy atom. The second-order valence-electron chi connectivity index (χ2n) is 21.3. The van der Waals surface area contributed by atoms with Gasteiger partial charge in [-0.05, 0) is 208 Å². The zero-order chi connectivity index (χ0) is 66.2. The first-order valence-electron chi connectivity index (χ1n) is 26.8. The molecule has 89 heavy (non-hydrogen) atoms. The van der Waals surface area contributed by atoms with Gasteiger partial charge in [-0.15, -0.1) is 0 Å². The summed E-state index contributed by atoms with van der Waals surface area (Å²) in [5.74, 6) is 2.56.